The van der Waals surface area contributed by atoms with Gasteiger partial charge in [0.25, 0.3) is 5.91 Å². The summed E-state index contributed by atoms with van der Waals surface area (Å²) in [5.74, 6) is 0.0537. The van der Waals surface area contributed by atoms with Gasteiger partial charge in [0.2, 0.25) is 0 Å². The quantitative estimate of drug-likeness (QED) is 0.809. The Morgan fingerprint density at radius 3 is 2.68 bits per heavy atom. The Morgan fingerprint density at radius 2 is 1.95 bits per heavy atom. The fraction of sp³-hybridized carbons (Fsp3) is 0.278. The lowest BCUT2D eigenvalue weighted by atomic mass is 10.0. The summed E-state index contributed by atoms with van der Waals surface area (Å²) in [6.45, 7) is 3.16. The molecule has 3 nitrogen and oxygen atoms in total. The molecule has 1 aliphatic heterocycles. The minimum atomic E-state index is -0.0616. The van der Waals surface area contributed by atoms with Gasteiger partial charge in [-0.3, -0.25) is 4.79 Å². The highest BCUT2D eigenvalue weighted by Crippen LogP contribution is 2.26. The van der Waals surface area contributed by atoms with Gasteiger partial charge in [-0.1, -0.05) is 52.3 Å². The molecule has 0 bridgehead atoms. The van der Waals surface area contributed by atoms with E-state index in [1.807, 2.05) is 66.4 Å². The molecule has 22 heavy (non-hydrogen) atoms. The molecular weight excluding hydrogens is 342 g/mol. The lowest BCUT2D eigenvalue weighted by molar-refractivity contribution is -0.0486. The molecule has 0 aliphatic carbocycles. The van der Waals surface area contributed by atoms with Gasteiger partial charge in [0.1, 0.15) is 6.10 Å². The van der Waals surface area contributed by atoms with E-state index in [0.717, 1.165) is 10.0 Å². The van der Waals surface area contributed by atoms with Gasteiger partial charge in [-0.2, -0.15) is 0 Å². The SMILES string of the molecule is CC1COC(c2ccccc2)CN1C(=O)c1cccc(Br)c1. The Hall–Kier alpha value is -1.65. The van der Waals surface area contributed by atoms with Crippen LogP contribution in [0.2, 0.25) is 0 Å². The van der Waals surface area contributed by atoms with Crippen molar-refractivity contribution in [3.63, 3.8) is 0 Å². The van der Waals surface area contributed by atoms with Crippen LogP contribution >= 0.6 is 15.9 Å². The van der Waals surface area contributed by atoms with Crippen LogP contribution in [0, 0.1) is 0 Å². The first-order valence-electron chi connectivity index (χ1n) is 7.38. The minimum absolute atomic E-state index is 0.0537. The van der Waals surface area contributed by atoms with E-state index in [2.05, 4.69) is 15.9 Å². The van der Waals surface area contributed by atoms with Crippen LogP contribution in [0.4, 0.5) is 0 Å². The maximum Gasteiger partial charge on any atom is 0.254 e. The number of nitrogens with zero attached hydrogens (tertiary/aromatic N) is 1. The fourth-order valence-corrected chi connectivity index (χ4v) is 3.10. The summed E-state index contributed by atoms with van der Waals surface area (Å²) in [5.41, 5.74) is 1.82. The average molecular weight is 360 g/mol. The number of amides is 1. The largest absolute Gasteiger partial charge is 0.370 e. The van der Waals surface area contributed by atoms with E-state index >= 15 is 0 Å². The van der Waals surface area contributed by atoms with Crippen molar-refractivity contribution in [2.75, 3.05) is 13.2 Å². The molecule has 2 unspecified atom stereocenters. The highest BCUT2D eigenvalue weighted by molar-refractivity contribution is 9.10. The van der Waals surface area contributed by atoms with Crippen molar-refractivity contribution >= 4 is 21.8 Å². The number of carbonyl (C=O) groups excluding carboxylic acids is 1. The molecule has 3 rings (SSSR count). The third kappa shape index (κ3) is 3.23. The van der Waals surface area contributed by atoms with Crippen LogP contribution in [0.25, 0.3) is 0 Å². The number of morpholine rings is 1. The molecule has 1 heterocycles. The van der Waals surface area contributed by atoms with Crippen molar-refractivity contribution in [1.29, 1.82) is 0 Å². The Balaban J connectivity index is 1.81. The van der Waals surface area contributed by atoms with E-state index in [4.69, 9.17) is 4.74 Å². The summed E-state index contributed by atoms with van der Waals surface area (Å²) in [7, 11) is 0. The lowest BCUT2D eigenvalue weighted by Gasteiger charge is -2.38. The number of benzene rings is 2. The smallest absolute Gasteiger partial charge is 0.254 e. The highest BCUT2D eigenvalue weighted by Gasteiger charge is 2.30. The number of hydrogen-bond acceptors (Lipinski definition) is 2. The maximum absolute atomic E-state index is 12.8. The van der Waals surface area contributed by atoms with Gasteiger partial charge < -0.3 is 9.64 Å². The van der Waals surface area contributed by atoms with Gasteiger partial charge in [0, 0.05) is 10.0 Å². The minimum Gasteiger partial charge on any atom is -0.370 e. The van der Waals surface area contributed by atoms with Crippen LogP contribution in [0.5, 0.6) is 0 Å². The molecule has 0 radical (unpaired) electrons. The molecule has 4 heteroatoms. The van der Waals surface area contributed by atoms with Gasteiger partial charge in [-0.25, -0.2) is 0 Å². The topological polar surface area (TPSA) is 29.5 Å². The lowest BCUT2D eigenvalue weighted by Crippen LogP contribution is -2.48. The van der Waals surface area contributed by atoms with Crippen molar-refractivity contribution in [2.45, 2.75) is 19.1 Å². The molecule has 114 valence electrons. The number of hydrogen-bond donors (Lipinski definition) is 0. The maximum atomic E-state index is 12.8. The van der Waals surface area contributed by atoms with E-state index < -0.39 is 0 Å². The number of rotatable bonds is 2. The van der Waals surface area contributed by atoms with E-state index in [-0.39, 0.29) is 18.1 Å². The second-order valence-electron chi connectivity index (χ2n) is 5.55. The molecule has 1 fully saturated rings. The molecule has 0 spiro atoms. The van der Waals surface area contributed by atoms with Gasteiger partial charge in [-0.15, -0.1) is 0 Å². The summed E-state index contributed by atoms with van der Waals surface area (Å²) >= 11 is 3.42. The van der Waals surface area contributed by atoms with Gasteiger partial charge in [-0.05, 0) is 30.7 Å². The summed E-state index contributed by atoms with van der Waals surface area (Å²) in [6.07, 6.45) is -0.0616. The zero-order chi connectivity index (χ0) is 15.5. The van der Waals surface area contributed by atoms with E-state index in [1.54, 1.807) is 0 Å². The second-order valence-corrected chi connectivity index (χ2v) is 6.47. The summed E-state index contributed by atoms with van der Waals surface area (Å²) < 4.78 is 6.83. The van der Waals surface area contributed by atoms with Gasteiger partial charge in [0.15, 0.2) is 0 Å². The van der Waals surface area contributed by atoms with E-state index in [9.17, 15) is 4.79 Å². The normalized spacial score (nSPS) is 21.6. The van der Waals surface area contributed by atoms with Crippen molar-refractivity contribution in [1.82, 2.24) is 4.90 Å². The molecule has 0 N–H and O–H groups in total. The second kappa shape index (κ2) is 6.63. The van der Waals surface area contributed by atoms with Crippen molar-refractivity contribution in [3.8, 4) is 0 Å². The van der Waals surface area contributed by atoms with Crippen molar-refractivity contribution in [3.05, 3.63) is 70.2 Å². The molecule has 1 amide bonds. The monoisotopic (exact) mass is 359 g/mol. The molecule has 2 aromatic rings. The summed E-state index contributed by atoms with van der Waals surface area (Å²) in [6, 6.07) is 17.7. The molecule has 2 atom stereocenters. The Morgan fingerprint density at radius 1 is 1.18 bits per heavy atom. The Kier molecular flexibility index (Phi) is 4.60. The third-order valence-corrected chi connectivity index (χ3v) is 4.43. The Bertz CT molecular complexity index is 659. The number of carbonyl (C=O) groups is 1. The average Bonchev–Trinajstić information content (AvgIpc) is 2.55. The third-order valence-electron chi connectivity index (χ3n) is 3.94. The standard InChI is InChI=1S/C18H18BrNO2/c1-13-12-22-17(14-6-3-2-4-7-14)11-20(13)18(21)15-8-5-9-16(19)10-15/h2-10,13,17H,11-12H2,1H3. The highest BCUT2D eigenvalue weighted by atomic mass is 79.9. The molecular formula is C18H18BrNO2. The zero-order valence-corrected chi connectivity index (χ0v) is 14.0. The first kappa shape index (κ1) is 15.3. The van der Waals surface area contributed by atoms with E-state index in [0.29, 0.717) is 18.7 Å². The molecule has 1 aliphatic rings. The first-order chi connectivity index (χ1) is 10.6. The van der Waals surface area contributed by atoms with Crippen LogP contribution in [-0.4, -0.2) is 30.0 Å². The molecule has 1 saturated heterocycles. The fourth-order valence-electron chi connectivity index (χ4n) is 2.70. The molecule has 0 saturated carbocycles. The number of ether oxygens (including phenoxy) is 1. The predicted molar refractivity (Wildman–Crippen MR) is 89.8 cm³/mol. The van der Waals surface area contributed by atoms with Gasteiger partial charge in [0.05, 0.1) is 19.2 Å². The van der Waals surface area contributed by atoms with Crippen LogP contribution < -0.4 is 0 Å². The number of halogens is 1. The van der Waals surface area contributed by atoms with Crippen LogP contribution in [0.1, 0.15) is 28.9 Å². The van der Waals surface area contributed by atoms with Crippen LogP contribution in [-0.2, 0) is 4.74 Å². The van der Waals surface area contributed by atoms with Crippen LogP contribution in [0.15, 0.2) is 59.1 Å². The summed E-state index contributed by atoms with van der Waals surface area (Å²) in [5, 5.41) is 0. The Labute approximate surface area is 139 Å². The predicted octanol–water partition coefficient (Wildman–Crippen LogP) is 4.05. The van der Waals surface area contributed by atoms with Gasteiger partial charge >= 0.3 is 0 Å². The summed E-state index contributed by atoms with van der Waals surface area (Å²) in [4.78, 5) is 14.7. The van der Waals surface area contributed by atoms with Crippen molar-refractivity contribution < 1.29 is 9.53 Å². The van der Waals surface area contributed by atoms with Crippen LogP contribution in [0.3, 0.4) is 0 Å². The van der Waals surface area contributed by atoms with E-state index in [1.165, 1.54) is 0 Å². The van der Waals surface area contributed by atoms with Crippen molar-refractivity contribution in [2.24, 2.45) is 0 Å². The first-order valence-corrected chi connectivity index (χ1v) is 8.17. The molecule has 2 aromatic carbocycles. The zero-order valence-electron chi connectivity index (χ0n) is 12.4. The molecule has 0 aromatic heterocycles.